The molecule has 1 saturated heterocycles. The Hall–Kier alpha value is -0.160. The van der Waals surface area contributed by atoms with Crippen molar-refractivity contribution in [1.82, 2.24) is 0 Å². The maximum atomic E-state index is 6.48. The predicted molar refractivity (Wildman–Crippen MR) is 65.9 cm³/mol. The van der Waals surface area contributed by atoms with Gasteiger partial charge < -0.3 is 19.9 Å². The zero-order chi connectivity index (χ0) is 12.1. The molecule has 1 heterocycles. The molecule has 2 N–H and O–H groups in total. The first-order valence-electron chi connectivity index (χ1n) is 6.73. The standard InChI is InChI=1S/C13H25NO3/c1-15-9-10-16-7-2-5-13(14)6-8-17-12(13)11-3-4-11/h11-12H,2-10,14H2,1H3. The monoisotopic (exact) mass is 243 g/mol. The minimum Gasteiger partial charge on any atom is -0.382 e. The molecule has 2 fully saturated rings. The minimum absolute atomic E-state index is 0.0915. The van der Waals surface area contributed by atoms with Gasteiger partial charge in [0.1, 0.15) is 0 Å². The molecule has 1 saturated carbocycles. The lowest BCUT2D eigenvalue weighted by atomic mass is 9.85. The molecule has 2 aliphatic rings. The van der Waals surface area contributed by atoms with Crippen LogP contribution in [0.2, 0.25) is 0 Å². The van der Waals surface area contributed by atoms with Crippen molar-refractivity contribution < 1.29 is 14.2 Å². The second kappa shape index (κ2) is 6.14. The van der Waals surface area contributed by atoms with Crippen LogP contribution in [0.15, 0.2) is 0 Å². The van der Waals surface area contributed by atoms with Gasteiger partial charge in [-0.15, -0.1) is 0 Å². The topological polar surface area (TPSA) is 53.7 Å². The zero-order valence-corrected chi connectivity index (χ0v) is 10.8. The van der Waals surface area contributed by atoms with Crippen LogP contribution >= 0.6 is 0 Å². The van der Waals surface area contributed by atoms with Crippen molar-refractivity contribution >= 4 is 0 Å². The van der Waals surface area contributed by atoms with Crippen molar-refractivity contribution in [2.24, 2.45) is 11.7 Å². The summed E-state index contributed by atoms with van der Waals surface area (Å²) in [4.78, 5) is 0. The van der Waals surface area contributed by atoms with Crippen LogP contribution in [-0.4, -0.2) is 45.2 Å². The summed E-state index contributed by atoms with van der Waals surface area (Å²) in [5, 5.41) is 0. The fourth-order valence-electron chi connectivity index (χ4n) is 2.70. The van der Waals surface area contributed by atoms with Crippen LogP contribution < -0.4 is 5.73 Å². The van der Waals surface area contributed by atoms with E-state index >= 15 is 0 Å². The summed E-state index contributed by atoms with van der Waals surface area (Å²) in [6, 6.07) is 0. The Labute approximate surface area is 104 Å². The van der Waals surface area contributed by atoms with Gasteiger partial charge in [0.2, 0.25) is 0 Å². The van der Waals surface area contributed by atoms with E-state index in [0.717, 1.165) is 38.4 Å². The third kappa shape index (κ3) is 3.65. The molecule has 0 bridgehead atoms. The van der Waals surface area contributed by atoms with Gasteiger partial charge in [-0.3, -0.25) is 0 Å². The Morgan fingerprint density at radius 2 is 2.12 bits per heavy atom. The largest absolute Gasteiger partial charge is 0.382 e. The number of hydrogen-bond donors (Lipinski definition) is 1. The van der Waals surface area contributed by atoms with Crippen molar-refractivity contribution in [2.75, 3.05) is 33.5 Å². The first-order chi connectivity index (χ1) is 8.26. The average molecular weight is 243 g/mol. The van der Waals surface area contributed by atoms with Gasteiger partial charge in [0, 0.05) is 25.9 Å². The smallest absolute Gasteiger partial charge is 0.0783 e. The van der Waals surface area contributed by atoms with E-state index in [4.69, 9.17) is 19.9 Å². The SMILES string of the molecule is COCCOCCCC1(N)CCOC1C1CC1. The molecule has 0 amide bonds. The highest BCUT2D eigenvalue weighted by molar-refractivity contribution is 5.03. The van der Waals surface area contributed by atoms with Crippen molar-refractivity contribution in [3.05, 3.63) is 0 Å². The van der Waals surface area contributed by atoms with Crippen LogP contribution in [0.4, 0.5) is 0 Å². The molecule has 0 spiro atoms. The number of rotatable bonds is 8. The lowest BCUT2D eigenvalue weighted by molar-refractivity contribution is 0.0474. The molecule has 4 heteroatoms. The quantitative estimate of drug-likeness (QED) is 0.653. The summed E-state index contributed by atoms with van der Waals surface area (Å²) in [6.07, 6.45) is 5.95. The third-order valence-corrected chi connectivity index (χ3v) is 3.84. The molecule has 4 nitrogen and oxygen atoms in total. The molecule has 17 heavy (non-hydrogen) atoms. The van der Waals surface area contributed by atoms with Crippen molar-refractivity contribution in [3.63, 3.8) is 0 Å². The van der Waals surface area contributed by atoms with Gasteiger partial charge in [0.05, 0.1) is 19.3 Å². The van der Waals surface area contributed by atoms with E-state index in [9.17, 15) is 0 Å². The van der Waals surface area contributed by atoms with Gasteiger partial charge in [-0.1, -0.05) is 0 Å². The maximum Gasteiger partial charge on any atom is 0.0783 e. The summed E-state index contributed by atoms with van der Waals surface area (Å²) < 4.78 is 16.2. The van der Waals surface area contributed by atoms with E-state index in [1.807, 2.05) is 0 Å². The lowest BCUT2D eigenvalue weighted by Gasteiger charge is -2.30. The van der Waals surface area contributed by atoms with Crippen LogP contribution in [0, 0.1) is 5.92 Å². The molecule has 1 aliphatic heterocycles. The fourth-order valence-corrected chi connectivity index (χ4v) is 2.70. The van der Waals surface area contributed by atoms with Crippen LogP contribution in [0.25, 0.3) is 0 Å². The molecular formula is C13H25NO3. The van der Waals surface area contributed by atoms with Gasteiger partial charge in [-0.25, -0.2) is 0 Å². The van der Waals surface area contributed by atoms with Crippen molar-refractivity contribution in [3.8, 4) is 0 Å². The number of hydrogen-bond acceptors (Lipinski definition) is 4. The molecular weight excluding hydrogens is 218 g/mol. The first kappa shape index (κ1) is 13.3. The van der Waals surface area contributed by atoms with E-state index in [0.29, 0.717) is 19.3 Å². The van der Waals surface area contributed by atoms with Crippen LogP contribution in [0.1, 0.15) is 32.1 Å². The van der Waals surface area contributed by atoms with Crippen molar-refractivity contribution in [2.45, 2.75) is 43.7 Å². The maximum absolute atomic E-state index is 6.48. The molecule has 1 aliphatic carbocycles. The van der Waals surface area contributed by atoms with E-state index in [1.165, 1.54) is 12.8 Å². The van der Waals surface area contributed by atoms with Gasteiger partial charge in [0.15, 0.2) is 0 Å². The van der Waals surface area contributed by atoms with Crippen LogP contribution in [0.5, 0.6) is 0 Å². The molecule has 2 rings (SSSR count). The average Bonchev–Trinajstić information content (AvgIpc) is 3.08. The number of ether oxygens (including phenoxy) is 3. The second-order valence-electron chi connectivity index (χ2n) is 5.32. The highest BCUT2D eigenvalue weighted by Gasteiger charge is 2.48. The molecule has 100 valence electrons. The summed E-state index contributed by atoms with van der Waals surface area (Å²) in [5.41, 5.74) is 6.39. The van der Waals surface area contributed by atoms with Gasteiger partial charge >= 0.3 is 0 Å². The Morgan fingerprint density at radius 1 is 1.29 bits per heavy atom. The van der Waals surface area contributed by atoms with Crippen LogP contribution in [0.3, 0.4) is 0 Å². The van der Waals surface area contributed by atoms with Gasteiger partial charge in [0.25, 0.3) is 0 Å². The summed E-state index contributed by atoms with van der Waals surface area (Å²) >= 11 is 0. The molecule has 2 atom stereocenters. The predicted octanol–water partition coefficient (Wildman–Crippen LogP) is 1.33. The molecule has 0 radical (unpaired) electrons. The van der Waals surface area contributed by atoms with E-state index in [-0.39, 0.29) is 5.54 Å². The highest BCUT2D eigenvalue weighted by Crippen LogP contribution is 2.43. The van der Waals surface area contributed by atoms with E-state index < -0.39 is 0 Å². The van der Waals surface area contributed by atoms with E-state index in [2.05, 4.69) is 0 Å². The molecule has 0 aromatic rings. The van der Waals surface area contributed by atoms with Gasteiger partial charge in [-0.2, -0.15) is 0 Å². The number of methoxy groups -OCH3 is 1. The summed E-state index contributed by atoms with van der Waals surface area (Å²) in [6.45, 7) is 2.96. The Morgan fingerprint density at radius 3 is 2.82 bits per heavy atom. The van der Waals surface area contributed by atoms with Gasteiger partial charge in [-0.05, 0) is 38.0 Å². The Bertz CT molecular complexity index is 233. The Balaban J connectivity index is 1.63. The summed E-state index contributed by atoms with van der Waals surface area (Å²) in [5.74, 6) is 0.733. The normalized spacial score (nSPS) is 33.2. The Kier molecular flexibility index (Phi) is 4.79. The fraction of sp³-hybridized carbons (Fsp3) is 1.00. The van der Waals surface area contributed by atoms with Crippen molar-refractivity contribution in [1.29, 1.82) is 0 Å². The lowest BCUT2D eigenvalue weighted by Crippen LogP contribution is -2.48. The highest BCUT2D eigenvalue weighted by atomic mass is 16.5. The molecule has 2 unspecified atom stereocenters. The second-order valence-corrected chi connectivity index (χ2v) is 5.32. The first-order valence-corrected chi connectivity index (χ1v) is 6.73. The summed E-state index contributed by atoms with van der Waals surface area (Å²) in [7, 11) is 1.69. The molecule has 0 aromatic carbocycles. The van der Waals surface area contributed by atoms with Crippen LogP contribution in [-0.2, 0) is 14.2 Å². The number of nitrogens with two attached hydrogens (primary N) is 1. The molecule has 0 aromatic heterocycles. The van der Waals surface area contributed by atoms with E-state index in [1.54, 1.807) is 7.11 Å². The third-order valence-electron chi connectivity index (χ3n) is 3.84. The zero-order valence-electron chi connectivity index (χ0n) is 10.8. The minimum atomic E-state index is -0.0915.